The van der Waals surface area contributed by atoms with E-state index in [1.54, 1.807) is 43.0 Å². The summed E-state index contributed by atoms with van der Waals surface area (Å²) in [6.45, 7) is 3.69. The lowest BCUT2D eigenvalue weighted by molar-refractivity contribution is -0.387. The van der Waals surface area contributed by atoms with E-state index in [-0.39, 0.29) is 12.5 Å². The minimum Gasteiger partial charge on any atom is -0.311 e. The number of nitro groups is 1. The van der Waals surface area contributed by atoms with Crippen LogP contribution in [0.25, 0.3) is 0 Å². The quantitative estimate of drug-likeness (QED) is 0.545. The molecule has 0 radical (unpaired) electrons. The van der Waals surface area contributed by atoms with Crippen LogP contribution in [0.3, 0.4) is 0 Å². The SMILES string of the molecule is CCN(C1CCN(c2ccccc2)C1=O)S(=O)(=O)c1ccc(C)cc1[N+](=O)[O-]. The second kappa shape index (κ2) is 7.69. The van der Waals surface area contributed by atoms with Crippen LogP contribution in [-0.2, 0) is 14.8 Å². The van der Waals surface area contributed by atoms with Crippen LogP contribution in [0.1, 0.15) is 18.9 Å². The van der Waals surface area contributed by atoms with Gasteiger partial charge in [-0.3, -0.25) is 14.9 Å². The lowest BCUT2D eigenvalue weighted by Gasteiger charge is -2.26. The lowest BCUT2D eigenvalue weighted by atomic mass is 10.2. The Morgan fingerprint density at radius 3 is 2.50 bits per heavy atom. The maximum Gasteiger partial charge on any atom is 0.289 e. The molecule has 1 fully saturated rings. The summed E-state index contributed by atoms with van der Waals surface area (Å²) in [6.07, 6.45) is 0.320. The molecule has 1 amide bonds. The number of para-hydroxylation sites is 1. The molecule has 0 spiro atoms. The van der Waals surface area contributed by atoms with Gasteiger partial charge in [0.1, 0.15) is 6.04 Å². The number of rotatable bonds is 6. The van der Waals surface area contributed by atoms with Gasteiger partial charge < -0.3 is 4.90 Å². The van der Waals surface area contributed by atoms with E-state index >= 15 is 0 Å². The fourth-order valence-corrected chi connectivity index (χ4v) is 5.23. The molecule has 0 N–H and O–H groups in total. The van der Waals surface area contributed by atoms with E-state index in [1.807, 2.05) is 6.07 Å². The number of nitro benzene ring substituents is 1. The van der Waals surface area contributed by atoms with Gasteiger partial charge in [-0.1, -0.05) is 31.2 Å². The summed E-state index contributed by atoms with van der Waals surface area (Å²) in [5.41, 5.74) is 0.800. The number of benzene rings is 2. The molecule has 0 bridgehead atoms. The second-order valence-corrected chi connectivity index (χ2v) is 8.43. The number of nitrogens with zero attached hydrogens (tertiary/aromatic N) is 3. The Kier molecular flexibility index (Phi) is 5.48. The van der Waals surface area contributed by atoms with Crippen molar-refractivity contribution in [3.63, 3.8) is 0 Å². The second-order valence-electron chi connectivity index (χ2n) is 6.57. The normalized spacial score (nSPS) is 17.3. The van der Waals surface area contributed by atoms with Crippen LogP contribution in [0.5, 0.6) is 0 Å². The number of carbonyl (C=O) groups is 1. The van der Waals surface area contributed by atoms with Crippen molar-refractivity contribution in [2.24, 2.45) is 0 Å². The van der Waals surface area contributed by atoms with Gasteiger partial charge in [-0.05, 0) is 37.1 Å². The van der Waals surface area contributed by atoms with Crippen LogP contribution in [-0.4, -0.2) is 42.7 Å². The van der Waals surface area contributed by atoms with Crippen molar-refractivity contribution in [2.45, 2.75) is 31.2 Å². The highest BCUT2D eigenvalue weighted by Gasteiger charge is 2.43. The average molecular weight is 403 g/mol. The molecular formula is C19H21N3O5S. The Labute approximate surface area is 163 Å². The van der Waals surface area contributed by atoms with Crippen LogP contribution in [0.15, 0.2) is 53.4 Å². The molecule has 0 aromatic heterocycles. The van der Waals surface area contributed by atoms with E-state index < -0.39 is 31.6 Å². The van der Waals surface area contributed by atoms with Crippen LogP contribution in [0, 0.1) is 17.0 Å². The van der Waals surface area contributed by atoms with Crippen molar-refractivity contribution in [1.29, 1.82) is 0 Å². The Balaban J connectivity index is 1.98. The molecule has 1 aliphatic rings. The van der Waals surface area contributed by atoms with Gasteiger partial charge in [0.2, 0.25) is 5.91 Å². The number of sulfonamides is 1. The molecule has 0 saturated carbocycles. The van der Waals surface area contributed by atoms with Crippen molar-refractivity contribution >= 4 is 27.3 Å². The maximum atomic E-state index is 13.2. The largest absolute Gasteiger partial charge is 0.311 e. The number of aryl methyl sites for hydroxylation is 1. The number of anilines is 1. The number of carbonyl (C=O) groups excluding carboxylic acids is 1. The van der Waals surface area contributed by atoms with Gasteiger partial charge in [-0.25, -0.2) is 8.42 Å². The molecule has 8 nitrogen and oxygen atoms in total. The van der Waals surface area contributed by atoms with Crippen LogP contribution < -0.4 is 4.90 Å². The summed E-state index contributed by atoms with van der Waals surface area (Å²) >= 11 is 0. The summed E-state index contributed by atoms with van der Waals surface area (Å²) in [5.74, 6) is -0.327. The zero-order chi connectivity index (χ0) is 20.5. The highest BCUT2D eigenvalue weighted by Crippen LogP contribution is 2.32. The molecule has 0 aliphatic carbocycles. The molecule has 148 valence electrons. The zero-order valence-corrected chi connectivity index (χ0v) is 16.4. The monoisotopic (exact) mass is 403 g/mol. The van der Waals surface area contributed by atoms with Gasteiger partial charge in [0.05, 0.1) is 4.92 Å². The van der Waals surface area contributed by atoms with Gasteiger partial charge in [0, 0.05) is 24.8 Å². The summed E-state index contributed by atoms with van der Waals surface area (Å²) in [5, 5.41) is 11.4. The summed E-state index contributed by atoms with van der Waals surface area (Å²) in [4.78, 5) is 24.8. The molecule has 1 heterocycles. The van der Waals surface area contributed by atoms with E-state index in [9.17, 15) is 23.3 Å². The number of likely N-dealkylation sites (N-methyl/N-ethyl adjacent to an activating group) is 1. The fraction of sp³-hybridized carbons (Fsp3) is 0.316. The first-order valence-electron chi connectivity index (χ1n) is 8.90. The van der Waals surface area contributed by atoms with Crippen LogP contribution >= 0.6 is 0 Å². The van der Waals surface area contributed by atoms with Crippen LogP contribution in [0.4, 0.5) is 11.4 Å². The van der Waals surface area contributed by atoms with Gasteiger partial charge in [-0.15, -0.1) is 0 Å². The standard InChI is InChI=1S/C19H21N3O5S/c1-3-21(16-11-12-20(19(16)23)15-7-5-4-6-8-15)28(26,27)18-10-9-14(2)13-17(18)22(24)25/h4-10,13,16H,3,11-12H2,1-2H3. The predicted molar refractivity (Wildman–Crippen MR) is 105 cm³/mol. The average Bonchev–Trinajstić information content (AvgIpc) is 3.04. The predicted octanol–water partition coefficient (Wildman–Crippen LogP) is 2.72. The van der Waals surface area contributed by atoms with E-state index in [1.165, 1.54) is 18.2 Å². The highest BCUT2D eigenvalue weighted by molar-refractivity contribution is 7.89. The minimum absolute atomic E-state index is 0.0341. The summed E-state index contributed by atoms with van der Waals surface area (Å²) < 4.78 is 27.5. The van der Waals surface area contributed by atoms with Crippen molar-refractivity contribution in [1.82, 2.24) is 4.31 Å². The molecule has 1 saturated heterocycles. The molecule has 3 rings (SSSR count). The Morgan fingerprint density at radius 1 is 1.21 bits per heavy atom. The highest BCUT2D eigenvalue weighted by atomic mass is 32.2. The molecule has 1 atom stereocenters. The third-order valence-electron chi connectivity index (χ3n) is 4.80. The zero-order valence-electron chi connectivity index (χ0n) is 15.6. The molecular weight excluding hydrogens is 382 g/mol. The third kappa shape index (κ3) is 3.50. The summed E-state index contributed by atoms with van der Waals surface area (Å²) in [6, 6.07) is 12.1. The lowest BCUT2D eigenvalue weighted by Crippen LogP contribution is -2.45. The molecule has 2 aromatic rings. The van der Waals surface area contributed by atoms with Gasteiger partial charge in [0.25, 0.3) is 15.7 Å². The number of amides is 1. The minimum atomic E-state index is -4.22. The maximum absolute atomic E-state index is 13.2. The molecule has 1 unspecified atom stereocenters. The van der Waals surface area contributed by atoms with Crippen LogP contribution in [0.2, 0.25) is 0 Å². The Bertz CT molecular complexity index is 1010. The van der Waals surface area contributed by atoms with Gasteiger partial charge >= 0.3 is 0 Å². The van der Waals surface area contributed by atoms with Crippen molar-refractivity contribution in [3.05, 3.63) is 64.2 Å². The smallest absolute Gasteiger partial charge is 0.289 e. The first-order valence-corrected chi connectivity index (χ1v) is 10.3. The van der Waals surface area contributed by atoms with E-state index in [4.69, 9.17) is 0 Å². The fourth-order valence-electron chi connectivity index (χ4n) is 3.47. The molecule has 9 heteroatoms. The Hall–Kier alpha value is -2.78. The third-order valence-corrected chi connectivity index (χ3v) is 6.83. The first kappa shape index (κ1) is 20.0. The van der Waals surface area contributed by atoms with Crippen molar-refractivity contribution in [3.8, 4) is 0 Å². The van der Waals surface area contributed by atoms with E-state index in [0.29, 0.717) is 24.2 Å². The number of hydrogen-bond acceptors (Lipinski definition) is 5. The molecule has 28 heavy (non-hydrogen) atoms. The Morgan fingerprint density at radius 2 is 1.89 bits per heavy atom. The van der Waals surface area contributed by atoms with E-state index in [0.717, 1.165) is 4.31 Å². The van der Waals surface area contributed by atoms with Crippen molar-refractivity contribution in [2.75, 3.05) is 18.0 Å². The topological polar surface area (TPSA) is 101 Å². The van der Waals surface area contributed by atoms with E-state index in [2.05, 4.69) is 0 Å². The van der Waals surface area contributed by atoms with Gasteiger partial charge in [-0.2, -0.15) is 4.31 Å². The number of hydrogen-bond donors (Lipinski definition) is 0. The summed E-state index contributed by atoms with van der Waals surface area (Å²) in [7, 11) is -4.22. The molecule has 1 aliphatic heterocycles. The van der Waals surface area contributed by atoms with Crippen molar-refractivity contribution < 1.29 is 18.1 Å². The van der Waals surface area contributed by atoms with Gasteiger partial charge in [0.15, 0.2) is 4.90 Å². The molecule has 2 aromatic carbocycles. The first-order chi connectivity index (χ1) is 13.3.